The number of hydrogen-bond donors (Lipinski definition) is 2. The number of amides is 2. The van der Waals surface area contributed by atoms with Crippen LogP contribution in [0.25, 0.3) is 0 Å². The number of piperidine rings is 1. The summed E-state index contributed by atoms with van der Waals surface area (Å²) in [5.74, 6) is 0. The van der Waals surface area contributed by atoms with Crippen LogP contribution in [0.2, 0.25) is 0 Å². The maximum absolute atomic E-state index is 11.5. The Morgan fingerprint density at radius 1 is 1.69 bits per heavy atom. The van der Waals surface area contributed by atoms with Gasteiger partial charge in [0.15, 0.2) is 0 Å². The molecule has 1 heterocycles. The van der Waals surface area contributed by atoms with Gasteiger partial charge in [0.25, 0.3) is 0 Å². The first-order valence-corrected chi connectivity index (χ1v) is 4.66. The Morgan fingerprint density at radius 2 is 2.46 bits per heavy atom. The van der Waals surface area contributed by atoms with Gasteiger partial charge in [0.2, 0.25) is 0 Å². The van der Waals surface area contributed by atoms with E-state index in [2.05, 4.69) is 11.9 Å². The van der Waals surface area contributed by atoms with Crippen molar-refractivity contribution in [3.05, 3.63) is 12.7 Å². The summed E-state index contributed by atoms with van der Waals surface area (Å²) in [5.41, 5.74) is 5.79. The van der Waals surface area contributed by atoms with Crippen molar-refractivity contribution in [2.45, 2.75) is 25.4 Å². The van der Waals surface area contributed by atoms with E-state index in [-0.39, 0.29) is 12.2 Å². The van der Waals surface area contributed by atoms with Crippen LogP contribution in [-0.4, -0.2) is 30.2 Å². The van der Waals surface area contributed by atoms with Gasteiger partial charge in [-0.15, -0.1) is 6.58 Å². The molecule has 4 heteroatoms. The average Bonchev–Trinajstić information content (AvgIpc) is 2.15. The number of rotatable bonds is 2. The predicted molar refractivity (Wildman–Crippen MR) is 52.1 cm³/mol. The SMILES string of the molecule is C=CCNC(=O)N1CCCCC1N. The van der Waals surface area contributed by atoms with Crippen LogP contribution in [0.3, 0.4) is 0 Å². The van der Waals surface area contributed by atoms with Gasteiger partial charge in [-0.05, 0) is 19.3 Å². The number of carbonyl (C=O) groups excluding carboxylic acids is 1. The molecular formula is C9H17N3O. The summed E-state index contributed by atoms with van der Waals surface area (Å²) in [6, 6.07) is -0.0768. The first kappa shape index (κ1) is 10.1. The Labute approximate surface area is 78.8 Å². The quantitative estimate of drug-likeness (QED) is 0.618. The average molecular weight is 183 g/mol. The summed E-state index contributed by atoms with van der Waals surface area (Å²) in [4.78, 5) is 13.1. The third kappa shape index (κ3) is 2.73. The maximum Gasteiger partial charge on any atom is 0.318 e. The molecule has 0 saturated carbocycles. The van der Waals surface area contributed by atoms with Crippen LogP contribution in [-0.2, 0) is 0 Å². The summed E-state index contributed by atoms with van der Waals surface area (Å²) in [5, 5.41) is 2.72. The number of likely N-dealkylation sites (tertiary alicyclic amines) is 1. The van der Waals surface area contributed by atoms with Crippen LogP contribution in [0.5, 0.6) is 0 Å². The Bertz CT molecular complexity index is 193. The molecule has 4 nitrogen and oxygen atoms in total. The highest BCUT2D eigenvalue weighted by atomic mass is 16.2. The second kappa shape index (κ2) is 4.87. The highest BCUT2D eigenvalue weighted by molar-refractivity contribution is 5.74. The van der Waals surface area contributed by atoms with Crippen molar-refractivity contribution in [1.82, 2.24) is 10.2 Å². The molecule has 0 bridgehead atoms. The third-order valence-electron chi connectivity index (χ3n) is 2.21. The second-order valence-corrected chi connectivity index (χ2v) is 3.23. The molecule has 1 atom stereocenters. The Morgan fingerprint density at radius 3 is 3.08 bits per heavy atom. The van der Waals surface area contributed by atoms with E-state index in [1.807, 2.05) is 0 Å². The molecule has 2 amide bonds. The van der Waals surface area contributed by atoms with E-state index in [9.17, 15) is 4.79 Å². The fourth-order valence-electron chi connectivity index (χ4n) is 1.47. The fraction of sp³-hybridized carbons (Fsp3) is 0.667. The Balaban J connectivity index is 2.39. The Kier molecular flexibility index (Phi) is 3.76. The molecule has 3 N–H and O–H groups in total. The molecule has 0 radical (unpaired) electrons. The van der Waals surface area contributed by atoms with Crippen molar-refractivity contribution in [3.8, 4) is 0 Å². The highest BCUT2D eigenvalue weighted by Gasteiger charge is 2.22. The van der Waals surface area contributed by atoms with Crippen LogP contribution >= 0.6 is 0 Å². The lowest BCUT2D eigenvalue weighted by Crippen LogP contribution is -2.52. The number of urea groups is 1. The minimum absolute atomic E-state index is 0.0768. The molecule has 74 valence electrons. The van der Waals surface area contributed by atoms with Crippen LogP contribution in [0.15, 0.2) is 12.7 Å². The summed E-state index contributed by atoms with van der Waals surface area (Å²) >= 11 is 0. The minimum atomic E-state index is -0.112. The molecule has 0 spiro atoms. The smallest absolute Gasteiger partial charge is 0.318 e. The molecule has 13 heavy (non-hydrogen) atoms. The van der Waals surface area contributed by atoms with E-state index in [0.717, 1.165) is 25.8 Å². The van der Waals surface area contributed by atoms with Crippen molar-refractivity contribution < 1.29 is 4.79 Å². The van der Waals surface area contributed by atoms with Gasteiger partial charge in [-0.2, -0.15) is 0 Å². The summed E-state index contributed by atoms with van der Waals surface area (Å²) < 4.78 is 0. The van der Waals surface area contributed by atoms with Gasteiger partial charge in [-0.1, -0.05) is 6.08 Å². The highest BCUT2D eigenvalue weighted by Crippen LogP contribution is 2.12. The van der Waals surface area contributed by atoms with E-state index >= 15 is 0 Å². The standard InChI is InChI=1S/C9H17N3O/c1-2-6-11-9(13)12-7-4-3-5-8(12)10/h2,8H,1,3-7,10H2,(H,11,13). The normalized spacial score (nSPS) is 22.5. The van der Waals surface area contributed by atoms with Crippen LogP contribution < -0.4 is 11.1 Å². The zero-order valence-electron chi connectivity index (χ0n) is 7.83. The van der Waals surface area contributed by atoms with Crippen molar-refractivity contribution in [1.29, 1.82) is 0 Å². The van der Waals surface area contributed by atoms with E-state index in [0.29, 0.717) is 6.54 Å². The molecular weight excluding hydrogens is 166 g/mol. The third-order valence-corrected chi connectivity index (χ3v) is 2.21. The maximum atomic E-state index is 11.5. The van der Waals surface area contributed by atoms with Crippen molar-refractivity contribution in [2.75, 3.05) is 13.1 Å². The van der Waals surface area contributed by atoms with Gasteiger partial charge in [0.05, 0.1) is 6.17 Å². The molecule has 0 aromatic rings. The van der Waals surface area contributed by atoms with Gasteiger partial charge >= 0.3 is 6.03 Å². The zero-order chi connectivity index (χ0) is 9.68. The monoisotopic (exact) mass is 183 g/mol. The molecule has 1 aliphatic rings. The van der Waals surface area contributed by atoms with Crippen molar-refractivity contribution in [2.24, 2.45) is 5.73 Å². The van der Waals surface area contributed by atoms with Crippen LogP contribution in [0.1, 0.15) is 19.3 Å². The zero-order valence-corrected chi connectivity index (χ0v) is 7.83. The minimum Gasteiger partial charge on any atom is -0.334 e. The molecule has 1 unspecified atom stereocenters. The van der Waals surface area contributed by atoms with Crippen molar-refractivity contribution in [3.63, 3.8) is 0 Å². The van der Waals surface area contributed by atoms with E-state index in [1.165, 1.54) is 0 Å². The number of carbonyl (C=O) groups is 1. The first-order chi connectivity index (χ1) is 6.25. The summed E-state index contributed by atoms with van der Waals surface area (Å²) in [6.45, 7) is 4.80. The van der Waals surface area contributed by atoms with Crippen molar-refractivity contribution >= 4 is 6.03 Å². The van der Waals surface area contributed by atoms with Gasteiger partial charge < -0.3 is 16.0 Å². The Hall–Kier alpha value is -1.03. The number of nitrogens with zero attached hydrogens (tertiary/aromatic N) is 1. The molecule has 1 rings (SSSR count). The topological polar surface area (TPSA) is 58.4 Å². The summed E-state index contributed by atoms with van der Waals surface area (Å²) in [7, 11) is 0. The number of nitrogens with one attached hydrogen (secondary N) is 1. The van der Waals surface area contributed by atoms with E-state index in [4.69, 9.17) is 5.73 Å². The van der Waals surface area contributed by atoms with E-state index in [1.54, 1.807) is 11.0 Å². The molecule has 0 aliphatic carbocycles. The second-order valence-electron chi connectivity index (χ2n) is 3.23. The fourth-order valence-corrected chi connectivity index (χ4v) is 1.47. The molecule has 1 fully saturated rings. The van der Waals surface area contributed by atoms with Crippen LogP contribution in [0, 0.1) is 0 Å². The first-order valence-electron chi connectivity index (χ1n) is 4.66. The van der Waals surface area contributed by atoms with Gasteiger partial charge in [0.1, 0.15) is 0 Å². The molecule has 0 aromatic carbocycles. The molecule has 0 aromatic heterocycles. The van der Waals surface area contributed by atoms with Crippen LogP contribution in [0.4, 0.5) is 4.79 Å². The largest absolute Gasteiger partial charge is 0.334 e. The molecule has 1 aliphatic heterocycles. The lowest BCUT2D eigenvalue weighted by atomic mass is 10.1. The van der Waals surface area contributed by atoms with Gasteiger partial charge in [0, 0.05) is 13.1 Å². The lowest BCUT2D eigenvalue weighted by Gasteiger charge is -2.32. The number of nitrogens with two attached hydrogens (primary N) is 1. The molecule has 1 saturated heterocycles. The van der Waals surface area contributed by atoms with Gasteiger partial charge in [-0.25, -0.2) is 4.79 Å². The predicted octanol–water partition coefficient (Wildman–Crippen LogP) is 0.653. The van der Waals surface area contributed by atoms with E-state index < -0.39 is 0 Å². The number of hydrogen-bond acceptors (Lipinski definition) is 2. The lowest BCUT2D eigenvalue weighted by molar-refractivity contribution is 0.154. The summed E-state index contributed by atoms with van der Waals surface area (Å²) in [6.07, 6.45) is 4.62. The van der Waals surface area contributed by atoms with Gasteiger partial charge in [-0.3, -0.25) is 0 Å².